The van der Waals surface area contributed by atoms with E-state index in [0.29, 0.717) is 37.4 Å². The summed E-state index contributed by atoms with van der Waals surface area (Å²) in [5.74, 6) is 0.338. The van der Waals surface area contributed by atoms with Crippen LogP contribution in [-0.4, -0.2) is 37.5 Å². The Balaban J connectivity index is 1.63. The molecular weight excluding hydrogens is 448 g/mol. The van der Waals surface area contributed by atoms with Crippen LogP contribution in [0.5, 0.6) is 0 Å². The zero-order chi connectivity index (χ0) is 25.0. The predicted octanol–water partition coefficient (Wildman–Crippen LogP) is 4.93. The summed E-state index contributed by atoms with van der Waals surface area (Å²) in [5.41, 5.74) is 2.83. The van der Waals surface area contributed by atoms with Gasteiger partial charge in [-0.2, -0.15) is 4.31 Å². The van der Waals surface area contributed by atoms with Gasteiger partial charge < -0.3 is 5.32 Å². The number of carbonyl (C=O) groups is 2. The van der Waals surface area contributed by atoms with E-state index in [1.54, 1.807) is 0 Å². The molecule has 1 amide bonds. The minimum absolute atomic E-state index is 0.0190. The minimum atomic E-state index is -3.65. The van der Waals surface area contributed by atoms with Crippen molar-refractivity contribution in [2.45, 2.75) is 64.3 Å². The fraction of sp³-hybridized carbons (Fsp3) is 0.481. The Morgan fingerprint density at radius 3 is 1.88 bits per heavy atom. The average molecular weight is 485 g/mol. The van der Waals surface area contributed by atoms with Crippen molar-refractivity contribution in [1.29, 1.82) is 0 Å². The average Bonchev–Trinajstić information content (AvgIpc) is 2.82. The van der Waals surface area contributed by atoms with Gasteiger partial charge in [0.15, 0.2) is 5.78 Å². The first-order valence-corrected chi connectivity index (χ1v) is 13.5. The molecular formula is C27H36N2O4S. The first kappa shape index (κ1) is 26.1. The number of hydrogen-bond donors (Lipinski definition) is 1. The molecule has 1 saturated heterocycles. The normalized spacial score (nSPS) is 16.6. The monoisotopic (exact) mass is 484 g/mol. The molecule has 0 bridgehead atoms. The largest absolute Gasteiger partial charge is 0.349 e. The number of sulfonamides is 1. The Hall–Kier alpha value is -2.51. The molecule has 184 valence electrons. The van der Waals surface area contributed by atoms with E-state index in [4.69, 9.17) is 0 Å². The van der Waals surface area contributed by atoms with Crippen LogP contribution in [0, 0.1) is 11.8 Å². The molecule has 1 aliphatic heterocycles. The second-order valence-electron chi connectivity index (χ2n) is 9.81. The Bertz CT molecular complexity index is 1100. The van der Waals surface area contributed by atoms with E-state index >= 15 is 0 Å². The molecule has 0 saturated carbocycles. The van der Waals surface area contributed by atoms with Gasteiger partial charge in [0, 0.05) is 24.6 Å². The Morgan fingerprint density at radius 1 is 0.882 bits per heavy atom. The SMILES string of the molecule is CC(=O)c1ccc(S(=O)(=O)N2CCC(C(=O)NC(c3ccc(C(C)C)cc3)C(C)C)CC2)cc1. The van der Waals surface area contributed by atoms with Gasteiger partial charge in [0.25, 0.3) is 0 Å². The molecule has 1 fully saturated rings. The van der Waals surface area contributed by atoms with Gasteiger partial charge in [0.2, 0.25) is 15.9 Å². The van der Waals surface area contributed by atoms with Gasteiger partial charge in [-0.25, -0.2) is 8.42 Å². The minimum Gasteiger partial charge on any atom is -0.349 e. The molecule has 6 nitrogen and oxygen atoms in total. The van der Waals surface area contributed by atoms with Crippen molar-refractivity contribution in [1.82, 2.24) is 9.62 Å². The summed E-state index contributed by atoms with van der Waals surface area (Å²) in [6, 6.07) is 14.4. The molecule has 1 heterocycles. The van der Waals surface area contributed by atoms with Crippen LogP contribution in [0.1, 0.15) is 80.9 Å². The molecule has 0 radical (unpaired) electrons. The van der Waals surface area contributed by atoms with E-state index < -0.39 is 10.0 Å². The topological polar surface area (TPSA) is 83.6 Å². The molecule has 0 aromatic heterocycles. The number of amides is 1. The number of benzene rings is 2. The van der Waals surface area contributed by atoms with E-state index in [0.717, 1.165) is 5.56 Å². The quantitative estimate of drug-likeness (QED) is 0.539. The van der Waals surface area contributed by atoms with Crippen molar-refractivity contribution in [2.24, 2.45) is 11.8 Å². The Morgan fingerprint density at radius 2 is 1.41 bits per heavy atom. The third-order valence-electron chi connectivity index (χ3n) is 6.65. The fourth-order valence-corrected chi connectivity index (χ4v) is 5.83. The molecule has 1 N–H and O–H groups in total. The van der Waals surface area contributed by atoms with Crippen molar-refractivity contribution in [3.05, 3.63) is 65.2 Å². The number of rotatable bonds is 8. The molecule has 1 aliphatic rings. The second kappa shape index (κ2) is 10.8. The first-order valence-electron chi connectivity index (χ1n) is 12.0. The van der Waals surface area contributed by atoms with Crippen LogP contribution in [0.25, 0.3) is 0 Å². The maximum absolute atomic E-state index is 13.1. The molecule has 0 spiro atoms. The van der Waals surface area contributed by atoms with E-state index in [-0.39, 0.29) is 34.5 Å². The Kier molecular flexibility index (Phi) is 8.31. The zero-order valence-corrected chi connectivity index (χ0v) is 21.6. The van der Waals surface area contributed by atoms with E-state index in [2.05, 4.69) is 57.3 Å². The summed E-state index contributed by atoms with van der Waals surface area (Å²) in [7, 11) is -3.65. The van der Waals surface area contributed by atoms with Crippen LogP contribution in [-0.2, 0) is 14.8 Å². The van der Waals surface area contributed by atoms with Crippen LogP contribution in [0.4, 0.5) is 0 Å². The highest BCUT2D eigenvalue weighted by Crippen LogP contribution is 2.28. The second-order valence-corrected chi connectivity index (χ2v) is 11.7. The van der Waals surface area contributed by atoms with Gasteiger partial charge in [0.05, 0.1) is 10.9 Å². The third kappa shape index (κ3) is 5.94. The maximum Gasteiger partial charge on any atom is 0.243 e. The highest BCUT2D eigenvalue weighted by molar-refractivity contribution is 7.89. The lowest BCUT2D eigenvalue weighted by Crippen LogP contribution is -2.44. The molecule has 7 heteroatoms. The van der Waals surface area contributed by atoms with E-state index in [9.17, 15) is 18.0 Å². The summed E-state index contributed by atoms with van der Waals surface area (Å²) in [4.78, 5) is 24.7. The predicted molar refractivity (Wildman–Crippen MR) is 134 cm³/mol. The maximum atomic E-state index is 13.1. The van der Waals surface area contributed by atoms with Crippen LogP contribution in [0.3, 0.4) is 0 Å². The highest BCUT2D eigenvalue weighted by atomic mass is 32.2. The Labute approximate surface area is 203 Å². The molecule has 1 unspecified atom stereocenters. The van der Waals surface area contributed by atoms with Crippen LogP contribution in [0.15, 0.2) is 53.4 Å². The lowest BCUT2D eigenvalue weighted by molar-refractivity contribution is -0.127. The smallest absolute Gasteiger partial charge is 0.243 e. The van der Waals surface area contributed by atoms with E-state index in [1.807, 2.05) is 0 Å². The standard InChI is InChI=1S/C27H36N2O4S/c1-18(2)21-6-8-23(9-7-21)26(19(3)4)28-27(31)24-14-16-29(17-15-24)34(32,33)25-12-10-22(11-13-25)20(5)30/h6-13,18-19,24,26H,14-17H2,1-5H3,(H,28,31). The lowest BCUT2D eigenvalue weighted by Gasteiger charge is -2.32. The molecule has 2 aromatic carbocycles. The number of nitrogens with one attached hydrogen (secondary N) is 1. The van der Waals surface area contributed by atoms with Crippen LogP contribution in [0.2, 0.25) is 0 Å². The van der Waals surface area contributed by atoms with Crippen molar-refractivity contribution in [3.8, 4) is 0 Å². The summed E-state index contributed by atoms with van der Waals surface area (Å²) in [6.07, 6.45) is 0.960. The van der Waals surface area contributed by atoms with E-state index in [1.165, 1.54) is 41.1 Å². The molecule has 3 rings (SSSR count). The zero-order valence-electron chi connectivity index (χ0n) is 20.7. The molecule has 2 aromatic rings. The van der Waals surface area contributed by atoms with Gasteiger partial charge in [-0.05, 0) is 54.9 Å². The van der Waals surface area contributed by atoms with Gasteiger partial charge in [-0.15, -0.1) is 0 Å². The number of ketones is 1. The lowest BCUT2D eigenvalue weighted by atomic mass is 9.91. The number of piperidine rings is 1. The summed E-state index contributed by atoms with van der Waals surface area (Å²) < 4.78 is 27.5. The van der Waals surface area contributed by atoms with Gasteiger partial charge in [0.1, 0.15) is 0 Å². The van der Waals surface area contributed by atoms with Crippen molar-refractivity contribution >= 4 is 21.7 Å². The van der Waals surface area contributed by atoms with Gasteiger partial charge >= 0.3 is 0 Å². The number of carbonyl (C=O) groups excluding carboxylic acids is 2. The third-order valence-corrected chi connectivity index (χ3v) is 8.56. The molecule has 0 aliphatic carbocycles. The highest BCUT2D eigenvalue weighted by Gasteiger charge is 2.33. The summed E-state index contributed by atoms with van der Waals surface area (Å²) >= 11 is 0. The fourth-order valence-electron chi connectivity index (χ4n) is 4.36. The van der Waals surface area contributed by atoms with Crippen molar-refractivity contribution in [3.63, 3.8) is 0 Å². The molecule has 34 heavy (non-hydrogen) atoms. The van der Waals surface area contributed by atoms with Gasteiger partial charge in [-0.3, -0.25) is 9.59 Å². The number of Topliss-reactive ketones (excluding diaryl/α,β-unsaturated/α-hetero) is 1. The summed E-state index contributed by atoms with van der Waals surface area (Å²) in [6.45, 7) is 10.5. The van der Waals surface area contributed by atoms with Crippen molar-refractivity contribution < 1.29 is 18.0 Å². The summed E-state index contributed by atoms with van der Waals surface area (Å²) in [5, 5.41) is 3.21. The number of nitrogens with zero attached hydrogens (tertiary/aromatic N) is 1. The van der Waals surface area contributed by atoms with Crippen molar-refractivity contribution in [2.75, 3.05) is 13.1 Å². The number of hydrogen-bond acceptors (Lipinski definition) is 4. The van der Waals surface area contributed by atoms with Gasteiger partial charge in [-0.1, -0.05) is 64.1 Å². The molecule has 1 atom stereocenters. The van der Waals surface area contributed by atoms with Crippen LogP contribution < -0.4 is 5.32 Å². The first-order chi connectivity index (χ1) is 16.0. The van der Waals surface area contributed by atoms with Crippen LogP contribution >= 0.6 is 0 Å².